The maximum absolute atomic E-state index is 12.5. The van der Waals surface area contributed by atoms with Gasteiger partial charge in [-0.25, -0.2) is 0 Å². The number of rotatable bonds is 2. The fourth-order valence-corrected chi connectivity index (χ4v) is 2.35. The molecule has 0 aromatic heterocycles. The van der Waals surface area contributed by atoms with Crippen LogP contribution in [0.5, 0.6) is 0 Å². The number of halogens is 3. The third kappa shape index (κ3) is 2.21. The van der Waals surface area contributed by atoms with E-state index in [2.05, 4.69) is 0 Å². The Labute approximate surface area is 103 Å². The molecule has 0 N–H and O–H groups in total. The molecular formula is C13H14F3NO. The Kier molecular flexibility index (Phi) is 3.09. The second-order valence-electron chi connectivity index (χ2n) is 4.80. The smallest absolute Gasteiger partial charge is 0.320 e. The normalized spacial score (nSPS) is 23.3. The molecule has 1 saturated heterocycles. The summed E-state index contributed by atoms with van der Waals surface area (Å²) in [5.41, 5.74) is 0.758. The molecule has 0 aliphatic carbocycles. The van der Waals surface area contributed by atoms with Crippen molar-refractivity contribution in [3.05, 3.63) is 35.9 Å². The number of alkyl halides is 3. The van der Waals surface area contributed by atoms with E-state index in [0.717, 1.165) is 10.5 Å². The Morgan fingerprint density at radius 1 is 1.22 bits per heavy atom. The Morgan fingerprint density at radius 2 is 1.78 bits per heavy atom. The van der Waals surface area contributed by atoms with Crippen molar-refractivity contribution in [3.63, 3.8) is 0 Å². The predicted octanol–water partition coefficient (Wildman–Crippen LogP) is 3.16. The van der Waals surface area contributed by atoms with Gasteiger partial charge in [0.1, 0.15) is 0 Å². The van der Waals surface area contributed by atoms with Crippen LogP contribution in [0, 0.1) is 5.92 Å². The Bertz CT molecular complexity index is 441. The van der Waals surface area contributed by atoms with E-state index in [0.29, 0.717) is 0 Å². The summed E-state index contributed by atoms with van der Waals surface area (Å²) in [5.74, 6) is -1.74. The lowest BCUT2D eigenvalue weighted by Crippen LogP contribution is -2.31. The van der Waals surface area contributed by atoms with Gasteiger partial charge in [0.05, 0.1) is 12.1 Å². The van der Waals surface area contributed by atoms with E-state index in [1.54, 1.807) is 30.3 Å². The molecule has 0 unspecified atom stereocenters. The molecule has 1 heterocycles. The molecule has 1 aliphatic heterocycles. The third-order valence-corrected chi connectivity index (χ3v) is 3.16. The molecular weight excluding hydrogens is 243 g/mol. The lowest BCUT2D eigenvalue weighted by molar-refractivity contribution is -0.180. The van der Waals surface area contributed by atoms with Crippen molar-refractivity contribution in [2.45, 2.75) is 32.1 Å². The first-order valence-electron chi connectivity index (χ1n) is 5.78. The van der Waals surface area contributed by atoms with Gasteiger partial charge in [-0.2, -0.15) is 13.2 Å². The van der Waals surface area contributed by atoms with E-state index in [1.165, 1.54) is 0 Å². The summed E-state index contributed by atoms with van der Waals surface area (Å²) < 4.78 is 37.4. The number of carbonyl (C=O) groups is 1. The first-order valence-corrected chi connectivity index (χ1v) is 5.78. The highest BCUT2D eigenvalue weighted by Gasteiger charge is 2.59. The monoisotopic (exact) mass is 257 g/mol. The molecule has 2 atom stereocenters. The van der Waals surface area contributed by atoms with Gasteiger partial charge in [0.25, 0.3) is 0 Å². The Morgan fingerprint density at radius 3 is 2.22 bits per heavy atom. The standard InChI is InChI=1S/C13H14F3NO/c1-8(2)10-11(9-6-4-3-5-7-9)17(10)12(18)13(14,15)16/h3-8,10-11H,1-2H3/t10-,11-,17?/m1/s1. The number of hydrogen-bond donors (Lipinski definition) is 0. The zero-order valence-electron chi connectivity index (χ0n) is 10.1. The van der Waals surface area contributed by atoms with Crippen LogP contribution in [-0.2, 0) is 4.79 Å². The maximum atomic E-state index is 12.5. The van der Waals surface area contributed by atoms with Gasteiger partial charge in [-0.15, -0.1) is 0 Å². The van der Waals surface area contributed by atoms with Crippen LogP contribution >= 0.6 is 0 Å². The second kappa shape index (κ2) is 4.30. The van der Waals surface area contributed by atoms with Gasteiger partial charge in [-0.3, -0.25) is 4.79 Å². The number of amides is 1. The number of benzene rings is 1. The highest BCUT2D eigenvalue weighted by molar-refractivity contribution is 5.85. The van der Waals surface area contributed by atoms with Gasteiger partial charge in [-0.1, -0.05) is 44.2 Å². The SMILES string of the molecule is CC(C)[C@@H]1[C@@H](c2ccccc2)N1C(=O)C(F)(F)F. The minimum atomic E-state index is -4.79. The van der Waals surface area contributed by atoms with E-state index >= 15 is 0 Å². The van der Waals surface area contributed by atoms with Crippen LogP contribution in [-0.4, -0.2) is 23.0 Å². The molecule has 1 fully saturated rings. The van der Waals surface area contributed by atoms with Crippen LogP contribution in [0.4, 0.5) is 13.2 Å². The molecule has 0 spiro atoms. The molecule has 0 radical (unpaired) electrons. The zero-order valence-corrected chi connectivity index (χ0v) is 10.1. The van der Waals surface area contributed by atoms with Crippen molar-refractivity contribution in [1.82, 2.24) is 4.90 Å². The quantitative estimate of drug-likeness (QED) is 0.745. The Hall–Kier alpha value is -1.52. The molecule has 5 heteroatoms. The largest absolute Gasteiger partial charge is 0.471 e. The molecule has 2 rings (SSSR count). The van der Waals surface area contributed by atoms with Crippen LogP contribution in [0.1, 0.15) is 25.5 Å². The molecule has 18 heavy (non-hydrogen) atoms. The molecule has 1 aromatic rings. The molecule has 1 aromatic carbocycles. The van der Waals surface area contributed by atoms with Crippen LogP contribution < -0.4 is 0 Å². The summed E-state index contributed by atoms with van der Waals surface area (Å²) in [6, 6.07) is 8.03. The predicted molar refractivity (Wildman–Crippen MR) is 60.7 cm³/mol. The van der Waals surface area contributed by atoms with Gasteiger partial charge >= 0.3 is 12.1 Å². The molecule has 0 saturated carbocycles. The van der Waals surface area contributed by atoms with Crippen molar-refractivity contribution in [1.29, 1.82) is 0 Å². The van der Waals surface area contributed by atoms with Gasteiger partial charge in [0.15, 0.2) is 0 Å². The molecule has 98 valence electrons. The third-order valence-electron chi connectivity index (χ3n) is 3.16. The van der Waals surface area contributed by atoms with Gasteiger partial charge in [0.2, 0.25) is 0 Å². The van der Waals surface area contributed by atoms with Crippen molar-refractivity contribution < 1.29 is 18.0 Å². The topological polar surface area (TPSA) is 20.1 Å². The fraction of sp³-hybridized carbons (Fsp3) is 0.462. The van der Waals surface area contributed by atoms with Crippen LogP contribution in [0.3, 0.4) is 0 Å². The summed E-state index contributed by atoms with van der Waals surface area (Å²) in [7, 11) is 0. The van der Waals surface area contributed by atoms with Crippen LogP contribution in [0.25, 0.3) is 0 Å². The lowest BCUT2D eigenvalue weighted by atomic mass is 10.0. The average molecular weight is 257 g/mol. The van der Waals surface area contributed by atoms with E-state index in [9.17, 15) is 18.0 Å². The van der Waals surface area contributed by atoms with E-state index in [4.69, 9.17) is 0 Å². The van der Waals surface area contributed by atoms with Crippen LogP contribution in [0.15, 0.2) is 30.3 Å². The van der Waals surface area contributed by atoms with E-state index in [1.807, 2.05) is 13.8 Å². The minimum absolute atomic E-state index is 0.00139. The molecule has 1 aliphatic rings. The second-order valence-corrected chi connectivity index (χ2v) is 4.80. The molecule has 1 amide bonds. The lowest BCUT2D eigenvalue weighted by Gasteiger charge is -2.08. The first kappa shape index (κ1) is 12.9. The number of nitrogens with zero attached hydrogens (tertiary/aromatic N) is 1. The van der Waals surface area contributed by atoms with Crippen LogP contribution in [0.2, 0.25) is 0 Å². The fourth-order valence-electron chi connectivity index (χ4n) is 2.35. The summed E-state index contributed by atoms with van der Waals surface area (Å²) >= 11 is 0. The van der Waals surface area contributed by atoms with Crippen molar-refractivity contribution in [2.24, 2.45) is 5.92 Å². The molecule has 2 nitrogen and oxygen atoms in total. The minimum Gasteiger partial charge on any atom is -0.320 e. The summed E-state index contributed by atoms with van der Waals surface area (Å²) in [6.45, 7) is 3.65. The first-order chi connectivity index (χ1) is 8.34. The van der Waals surface area contributed by atoms with Gasteiger partial charge in [-0.05, 0) is 11.5 Å². The average Bonchev–Trinajstić information content (AvgIpc) is 3.03. The maximum Gasteiger partial charge on any atom is 0.471 e. The number of hydrogen-bond acceptors (Lipinski definition) is 1. The van der Waals surface area contributed by atoms with Crippen molar-refractivity contribution in [3.8, 4) is 0 Å². The molecule has 0 bridgehead atoms. The zero-order chi connectivity index (χ0) is 13.5. The van der Waals surface area contributed by atoms with Gasteiger partial charge in [0, 0.05) is 0 Å². The van der Waals surface area contributed by atoms with Crippen molar-refractivity contribution >= 4 is 5.91 Å². The van der Waals surface area contributed by atoms with Crippen molar-refractivity contribution in [2.75, 3.05) is 0 Å². The van der Waals surface area contributed by atoms with E-state index in [-0.39, 0.29) is 12.0 Å². The highest BCUT2D eigenvalue weighted by Crippen LogP contribution is 2.48. The number of carbonyl (C=O) groups excluding carboxylic acids is 1. The van der Waals surface area contributed by atoms with Gasteiger partial charge < -0.3 is 4.90 Å². The summed E-state index contributed by atoms with van der Waals surface area (Å²) in [6.07, 6.45) is -4.79. The highest BCUT2D eigenvalue weighted by atomic mass is 19.4. The van der Waals surface area contributed by atoms with E-state index < -0.39 is 18.1 Å². The summed E-state index contributed by atoms with van der Waals surface area (Å²) in [5, 5.41) is 0. The summed E-state index contributed by atoms with van der Waals surface area (Å²) in [4.78, 5) is 12.3. The Balaban J connectivity index is 2.24.